The minimum atomic E-state index is -1.00. The van der Waals surface area contributed by atoms with Gasteiger partial charge in [0.2, 0.25) is 0 Å². The molecule has 1 aromatic heterocycles. The van der Waals surface area contributed by atoms with Gasteiger partial charge >= 0.3 is 5.91 Å². The van der Waals surface area contributed by atoms with Crippen molar-refractivity contribution in [2.75, 3.05) is 11.5 Å². The fourth-order valence-corrected chi connectivity index (χ4v) is 3.54. The third kappa shape index (κ3) is 3.78. The number of hydrogen-bond acceptors (Lipinski definition) is 6. The first-order chi connectivity index (χ1) is 15.4. The number of aryl methyl sites for hydroxylation is 1. The molecule has 4 rings (SSSR count). The van der Waals surface area contributed by atoms with E-state index in [1.54, 1.807) is 37.3 Å². The minimum Gasteiger partial charge on any atom is -0.507 e. The van der Waals surface area contributed by atoms with Gasteiger partial charge in [-0.25, -0.2) is 4.39 Å². The molecule has 0 radical (unpaired) electrons. The van der Waals surface area contributed by atoms with Crippen molar-refractivity contribution in [1.82, 2.24) is 5.16 Å². The molecule has 7 nitrogen and oxygen atoms in total. The quantitative estimate of drug-likeness (QED) is 0.269. The van der Waals surface area contributed by atoms with Crippen molar-refractivity contribution in [3.63, 3.8) is 0 Å². The van der Waals surface area contributed by atoms with Gasteiger partial charge in [0.1, 0.15) is 29.7 Å². The minimum absolute atomic E-state index is 0.130. The zero-order chi connectivity index (χ0) is 22.8. The van der Waals surface area contributed by atoms with Crippen molar-refractivity contribution in [1.29, 1.82) is 0 Å². The predicted molar refractivity (Wildman–Crippen MR) is 115 cm³/mol. The smallest absolute Gasteiger partial charge is 0.301 e. The van der Waals surface area contributed by atoms with Gasteiger partial charge in [-0.15, -0.1) is 0 Å². The summed E-state index contributed by atoms with van der Waals surface area (Å²) < 4.78 is 24.1. The van der Waals surface area contributed by atoms with Crippen LogP contribution in [-0.2, 0) is 9.59 Å². The van der Waals surface area contributed by atoms with E-state index in [1.165, 1.54) is 23.1 Å². The lowest BCUT2D eigenvalue weighted by molar-refractivity contribution is -0.132. The third-order valence-corrected chi connectivity index (χ3v) is 4.97. The Balaban J connectivity index is 1.90. The molecule has 0 spiro atoms. The monoisotopic (exact) mass is 434 g/mol. The number of benzene rings is 2. The second-order valence-electron chi connectivity index (χ2n) is 7.14. The average molecular weight is 434 g/mol. The second-order valence-corrected chi connectivity index (χ2v) is 7.14. The van der Waals surface area contributed by atoms with Gasteiger partial charge in [0.05, 0.1) is 11.6 Å². The number of rotatable bonds is 6. The summed E-state index contributed by atoms with van der Waals surface area (Å²) in [5.41, 5.74) is 0.558. The molecule has 3 aromatic rings. The van der Waals surface area contributed by atoms with E-state index in [-0.39, 0.29) is 23.6 Å². The van der Waals surface area contributed by atoms with Gasteiger partial charge in [-0.05, 0) is 48.9 Å². The van der Waals surface area contributed by atoms with Crippen LogP contribution in [0.25, 0.3) is 5.76 Å². The van der Waals surface area contributed by atoms with Crippen molar-refractivity contribution < 1.29 is 28.3 Å². The molecular formula is C24H19FN2O5. The highest BCUT2D eigenvalue weighted by Crippen LogP contribution is 2.42. The number of amides is 1. The molecule has 1 fully saturated rings. The summed E-state index contributed by atoms with van der Waals surface area (Å²) >= 11 is 0. The third-order valence-electron chi connectivity index (χ3n) is 4.97. The molecule has 1 aliphatic rings. The number of anilines is 1. The molecule has 8 heteroatoms. The summed E-state index contributed by atoms with van der Waals surface area (Å²) in [5, 5.41) is 14.9. The van der Waals surface area contributed by atoms with Crippen LogP contribution in [0.5, 0.6) is 5.75 Å². The molecule has 2 aromatic carbocycles. The Morgan fingerprint density at radius 3 is 2.66 bits per heavy atom. The van der Waals surface area contributed by atoms with Gasteiger partial charge in [0.25, 0.3) is 5.78 Å². The van der Waals surface area contributed by atoms with E-state index in [0.717, 1.165) is 12.1 Å². The first-order valence-corrected chi connectivity index (χ1v) is 9.74. The van der Waals surface area contributed by atoms with E-state index >= 15 is 0 Å². The Kier molecular flexibility index (Phi) is 5.59. The number of aliphatic hydroxyl groups is 1. The van der Waals surface area contributed by atoms with Crippen LogP contribution in [-0.4, -0.2) is 28.6 Å². The maximum atomic E-state index is 13.4. The lowest BCUT2D eigenvalue weighted by atomic mass is 9.95. The lowest BCUT2D eigenvalue weighted by Gasteiger charge is -2.23. The fourth-order valence-electron chi connectivity index (χ4n) is 3.54. The molecule has 0 bridgehead atoms. The summed E-state index contributed by atoms with van der Waals surface area (Å²) in [5.74, 6) is -1.62. The van der Waals surface area contributed by atoms with Gasteiger partial charge in [0, 0.05) is 11.6 Å². The molecule has 1 N–H and O–H groups in total. The lowest BCUT2D eigenvalue weighted by Crippen LogP contribution is -2.29. The van der Waals surface area contributed by atoms with Crippen molar-refractivity contribution in [2.24, 2.45) is 0 Å². The largest absolute Gasteiger partial charge is 0.507 e. The van der Waals surface area contributed by atoms with Crippen LogP contribution >= 0.6 is 0 Å². The van der Waals surface area contributed by atoms with E-state index in [1.807, 2.05) is 0 Å². The summed E-state index contributed by atoms with van der Waals surface area (Å²) in [7, 11) is 0. The standard InChI is InChI=1S/C24H19FN2O5/c1-3-11-31-18-6-4-5-16(13-18)21-20(22(28)15-7-9-17(25)10-8-15)23(29)24(30)27(21)19-12-14(2)32-26-19/h3-10,12-13,21,28H,1,11H2,2H3/b22-20-. The molecule has 0 saturated carbocycles. The van der Waals surface area contributed by atoms with Gasteiger partial charge in [-0.1, -0.05) is 29.9 Å². The Morgan fingerprint density at radius 2 is 2.00 bits per heavy atom. The maximum Gasteiger partial charge on any atom is 0.301 e. The summed E-state index contributed by atoms with van der Waals surface area (Å²) in [6, 6.07) is 12.3. The number of carbonyl (C=O) groups excluding carboxylic acids is 2. The molecule has 1 aliphatic heterocycles. The Bertz CT molecular complexity index is 1230. The Labute approximate surface area is 183 Å². The number of aromatic nitrogens is 1. The number of ketones is 1. The first kappa shape index (κ1) is 21.0. The molecule has 0 aliphatic carbocycles. The molecule has 1 saturated heterocycles. The first-order valence-electron chi connectivity index (χ1n) is 9.74. The highest BCUT2D eigenvalue weighted by Gasteiger charge is 2.48. The van der Waals surface area contributed by atoms with Gasteiger partial charge in [-0.2, -0.15) is 0 Å². The molecule has 1 unspecified atom stereocenters. The van der Waals surface area contributed by atoms with E-state index in [0.29, 0.717) is 17.1 Å². The van der Waals surface area contributed by atoms with Crippen LogP contribution in [0.2, 0.25) is 0 Å². The number of ether oxygens (including phenoxy) is 1. The predicted octanol–water partition coefficient (Wildman–Crippen LogP) is 4.31. The molecule has 2 heterocycles. The Morgan fingerprint density at radius 1 is 1.25 bits per heavy atom. The van der Waals surface area contributed by atoms with Crippen LogP contribution in [0.3, 0.4) is 0 Å². The molecule has 1 amide bonds. The highest BCUT2D eigenvalue weighted by atomic mass is 19.1. The Hall–Kier alpha value is -4.20. The zero-order valence-electron chi connectivity index (χ0n) is 17.1. The number of hydrogen-bond donors (Lipinski definition) is 1. The number of Topliss-reactive ketones (excluding diaryl/α,β-unsaturated/α-hetero) is 1. The average Bonchev–Trinajstić information content (AvgIpc) is 3.33. The van der Waals surface area contributed by atoms with Gasteiger partial charge < -0.3 is 14.4 Å². The van der Waals surface area contributed by atoms with E-state index in [4.69, 9.17) is 9.26 Å². The molecule has 162 valence electrons. The summed E-state index contributed by atoms with van der Waals surface area (Å²) in [4.78, 5) is 27.2. The highest BCUT2D eigenvalue weighted by molar-refractivity contribution is 6.51. The number of nitrogens with zero attached hydrogens (tertiary/aromatic N) is 2. The number of aliphatic hydroxyl groups excluding tert-OH is 1. The number of halogens is 1. The van der Waals surface area contributed by atoms with Crippen molar-refractivity contribution in [3.8, 4) is 5.75 Å². The molecule has 32 heavy (non-hydrogen) atoms. The van der Waals surface area contributed by atoms with Crippen LogP contribution < -0.4 is 9.64 Å². The van der Waals surface area contributed by atoms with Crippen LogP contribution in [0, 0.1) is 12.7 Å². The van der Waals surface area contributed by atoms with Gasteiger partial charge in [0.15, 0.2) is 5.82 Å². The maximum absolute atomic E-state index is 13.4. The SMILES string of the molecule is C=CCOc1cccc(C2/C(=C(/O)c3ccc(F)cc3)C(=O)C(=O)N2c2cc(C)on2)c1. The summed E-state index contributed by atoms with van der Waals surface area (Å²) in [6.45, 7) is 5.54. The van der Waals surface area contributed by atoms with Crippen LogP contribution in [0.1, 0.15) is 22.9 Å². The van der Waals surface area contributed by atoms with E-state index in [2.05, 4.69) is 11.7 Å². The van der Waals surface area contributed by atoms with Crippen LogP contribution in [0.4, 0.5) is 10.2 Å². The second kappa shape index (κ2) is 8.50. The topological polar surface area (TPSA) is 92.9 Å². The normalized spacial score (nSPS) is 17.6. The number of carbonyl (C=O) groups is 2. The van der Waals surface area contributed by atoms with Crippen molar-refractivity contribution >= 4 is 23.3 Å². The van der Waals surface area contributed by atoms with E-state index < -0.39 is 29.3 Å². The fraction of sp³-hybridized carbons (Fsp3) is 0.125. The zero-order valence-corrected chi connectivity index (χ0v) is 17.1. The molecule has 1 atom stereocenters. The summed E-state index contributed by atoms with van der Waals surface area (Å²) in [6.07, 6.45) is 1.59. The van der Waals surface area contributed by atoms with E-state index in [9.17, 15) is 19.1 Å². The van der Waals surface area contributed by atoms with Crippen molar-refractivity contribution in [3.05, 3.63) is 95.5 Å². The molecular weight excluding hydrogens is 415 g/mol. The van der Waals surface area contributed by atoms with Gasteiger partial charge in [-0.3, -0.25) is 14.5 Å². The van der Waals surface area contributed by atoms with Crippen molar-refractivity contribution in [2.45, 2.75) is 13.0 Å². The van der Waals surface area contributed by atoms with Crippen LogP contribution in [0.15, 0.2) is 77.3 Å².